The minimum Gasteiger partial charge on any atom is -0.494 e. The van der Waals surface area contributed by atoms with Crippen LogP contribution in [0.15, 0.2) is 54.7 Å². The molecule has 0 aliphatic rings. The second kappa shape index (κ2) is 7.48. The van der Waals surface area contributed by atoms with Crippen LogP contribution in [0.3, 0.4) is 0 Å². The van der Waals surface area contributed by atoms with Gasteiger partial charge in [0, 0.05) is 34.1 Å². The van der Waals surface area contributed by atoms with Crippen molar-refractivity contribution in [2.45, 2.75) is 13.3 Å². The van der Waals surface area contributed by atoms with E-state index in [1.807, 2.05) is 49.4 Å². The van der Waals surface area contributed by atoms with Crippen LogP contribution in [0, 0.1) is 0 Å². The van der Waals surface area contributed by atoms with Crippen LogP contribution in [0.2, 0.25) is 0 Å². The number of para-hydroxylation sites is 1. The van der Waals surface area contributed by atoms with Gasteiger partial charge in [-0.2, -0.15) is 0 Å². The highest BCUT2D eigenvalue weighted by Gasteiger charge is 2.13. The summed E-state index contributed by atoms with van der Waals surface area (Å²) in [5, 5.41) is 1.88. The van der Waals surface area contributed by atoms with Gasteiger partial charge in [-0.1, -0.05) is 18.2 Å². The average molecular weight is 376 g/mol. The van der Waals surface area contributed by atoms with Gasteiger partial charge in [0.25, 0.3) is 5.91 Å². The van der Waals surface area contributed by atoms with E-state index < -0.39 is 5.91 Å². The van der Waals surface area contributed by atoms with Gasteiger partial charge in [-0.3, -0.25) is 20.4 Å². The first-order valence-electron chi connectivity index (χ1n) is 9.04. The number of aromatic nitrogens is 2. The number of hydrazine groups is 1. The number of carbonyl (C=O) groups is 2. The molecule has 0 spiro atoms. The van der Waals surface area contributed by atoms with E-state index in [2.05, 4.69) is 20.8 Å². The summed E-state index contributed by atoms with van der Waals surface area (Å²) in [6.45, 7) is 2.48. The fraction of sp³-hybridized carbons (Fsp3) is 0.143. The minimum atomic E-state index is -0.415. The molecule has 0 saturated carbocycles. The summed E-state index contributed by atoms with van der Waals surface area (Å²) >= 11 is 0. The van der Waals surface area contributed by atoms with Crippen molar-refractivity contribution in [2.75, 3.05) is 6.61 Å². The molecule has 0 radical (unpaired) electrons. The van der Waals surface area contributed by atoms with Gasteiger partial charge in [-0.25, -0.2) is 0 Å². The third-order valence-electron chi connectivity index (χ3n) is 4.49. The second-order valence-corrected chi connectivity index (χ2v) is 6.40. The van der Waals surface area contributed by atoms with Crippen LogP contribution < -0.4 is 15.6 Å². The number of hydrogen-bond acceptors (Lipinski definition) is 3. The molecule has 28 heavy (non-hydrogen) atoms. The maximum Gasteiger partial charge on any atom is 0.286 e. The van der Waals surface area contributed by atoms with E-state index in [1.54, 1.807) is 12.3 Å². The SMILES string of the molecule is CCOc1ccc2cc(C(=O)NNC(=O)Cc3c[nH]c4ccccc34)[nH]c2c1. The van der Waals surface area contributed by atoms with Crippen LogP contribution in [0.4, 0.5) is 0 Å². The molecule has 0 aliphatic heterocycles. The molecule has 0 saturated heterocycles. The summed E-state index contributed by atoms with van der Waals surface area (Å²) in [7, 11) is 0. The Morgan fingerprint density at radius 3 is 2.75 bits per heavy atom. The molecule has 4 N–H and O–H groups in total. The molecule has 2 amide bonds. The Labute approximate surface area is 161 Å². The second-order valence-electron chi connectivity index (χ2n) is 6.40. The molecule has 7 nitrogen and oxygen atoms in total. The lowest BCUT2D eigenvalue weighted by molar-refractivity contribution is -0.121. The first-order valence-corrected chi connectivity index (χ1v) is 9.04. The highest BCUT2D eigenvalue weighted by Crippen LogP contribution is 2.21. The van der Waals surface area contributed by atoms with E-state index in [9.17, 15) is 9.59 Å². The van der Waals surface area contributed by atoms with E-state index >= 15 is 0 Å². The van der Waals surface area contributed by atoms with E-state index in [1.165, 1.54) is 0 Å². The molecule has 2 aromatic carbocycles. The maximum absolute atomic E-state index is 12.3. The lowest BCUT2D eigenvalue weighted by Crippen LogP contribution is -2.42. The van der Waals surface area contributed by atoms with Gasteiger partial charge < -0.3 is 14.7 Å². The number of benzene rings is 2. The average Bonchev–Trinajstić information content (AvgIpc) is 3.30. The van der Waals surface area contributed by atoms with E-state index in [0.717, 1.165) is 33.1 Å². The van der Waals surface area contributed by atoms with Crippen molar-refractivity contribution in [3.05, 3.63) is 66.0 Å². The summed E-state index contributed by atoms with van der Waals surface area (Å²) in [6.07, 6.45) is 1.97. The summed E-state index contributed by atoms with van der Waals surface area (Å²) in [5.74, 6) is 0.0186. The minimum absolute atomic E-state index is 0.161. The largest absolute Gasteiger partial charge is 0.494 e. The number of rotatable bonds is 5. The predicted octanol–water partition coefficient (Wildman–Crippen LogP) is 3.05. The molecular formula is C21H20N4O3. The molecule has 2 heterocycles. The Morgan fingerprint density at radius 1 is 1.04 bits per heavy atom. The number of nitrogens with one attached hydrogen (secondary N) is 4. The monoisotopic (exact) mass is 376 g/mol. The normalized spacial score (nSPS) is 10.9. The smallest absolute Gasteiger partial charge is 0.286 e. The topological polar surface area (TPSA) is 99.0 Å². The van der Waals surface area contributed by atoms with Gasteiger partial charge in [-0.05, 0) is 36.8 Å². The van der Waals surface area contributed by atoms with E-state index in [4.69, 9.17) is 4.74 Å². The Kier molecular flexibility index (Phi) is 4.72. The van der Waals surface area contributed by atoms with Crippen molar-refractivity contribution < 1.29 is 14.3 Å². The van der Waals surface area contributed by atoms with Crippen LogP contribution in [0.5, 0.6) is 5.75 Å². The van der Waals surface area contributed by atoms with E-state index in [0.29, 0.717) is 12.3 Å². The van der Waals surface area contributed by atoms with Crippen LogP contribution in [-0.2, 0) is 11.2 Å². The molecule has 0 fully saturated rings. The number of amides is 2. The van der Waals surface area contributed by atoms with Gasteiger partial charge in [0.2, 0.25) is 5.91 Å². The highest BCUT2D eigenvalue weighted by atomic mass is 16.5. The quantitative estimate of drug-likeness (QED) is 0.403. The van der Waals surface area contributed by atoms with Crippen LogP contribution in [0.1, 0.15) is 23.0 Å². The summed E-state index contributed by atoms with van der Waals surface area (Å²) in [4.78, 5) is 30.7. The molecule has 4 rings (SSSR count). The van der Waals surface area contributed by atoms with Crippen molar-refractivity contribution in [2.24, 2.45) is 0 Å². The van der Waals surface area contributed by atoms with Crippen molar-refractivity contribution in [1.29, 1.82) is 0 Å². The number of aromatic amines is 2. The maximum atomic E-state index is 12.3. The summed E-state index contributed by atoms with van der Waals surface area (Å²) < 4.78 is 5.46. The molecule has 0 unspecified atom stereocenters. The third kappa shape index (κ3) is 3.55. The van der Waals surface area contributed by atoms with Gasteiger partial charge in [0.15, 0.2) is 0 Å². The Hall–Kier alpha value is -3.74. The molecular weight excluding hydrogens is 356 g/mol. The number of ether oxygens (including phenoxy) is 1. The van der Waals surface area contributed by atoms with Crippen molar-refractivity contribution >= 4 is 33.6 Å². The van der Waals surface area contributed by atoms with Gasteiger partial charge in [-0.15, -0.1) is 0 Å². The van der Waals surface area contributed by atoms with E-state index in [-0.39, 0.29) is 12.3 Å². The van der Waals surface area contributed by atoms with Gasteiger partial charge in [0.1, 0.15) is 11.4 Å². The first-order chi connectivity index (χ1) is 13.6. The Morgan fingerprint density at radius 2 is 1.89 bits per heavy atom. The predicted molar refractivity (Wildman–Crippen MR) is 107 cm³/mol. The van der Waals surface area contributed by atoms with Crippen LogP contribution in [-0.4, -0.2) is 28.4 Å². The summed E-state index contributed by atoms with van der Waals surface area (Å²) in [6, 6.07) is 15.1. The van der Waals surface area contributed by atoms with Crippen molar-refractivity contribution in [3.63, 3.8) is 0 Å². The summed E-state index contributed by atoms with van der Waals surface area (Å²) in [5.41, 5.74) is 7.90. The molecule has 0 atom stereocenters. The Balaban J connectivity index is 1.39. The molecule has 0 aliphatic carbocycles. The lowest BCUT2D eigenvalue weighted by atomic mass is 10.1. The third-order valence-corrected chi connectivity index (χ3v) is 4.49. The van der Waals surface area contributed by atoms with Crippen molar-refractivity contribution in [1.82, 2.24) is 20.8 Å². The first kappa shape index (κ1) is 17.7. The highest BCUT2D eigenvalue weighted by molar-refractivity contribution is 5.99. The molecule has 2 aromatic heterocycles. The lowest BCUT2D eigenvalue weighted by Gasteiger charge is -2.06. The molecule has 7 heteroatoms. The van der Waals surface area contributed by atoms with Crippen LogP contribution in [0.25, 0.3) is 21.8 Å². The number of carbonyl (C=O) groups excluding carboxylic acids is 2. The fourth-order valence-corrected chi connectivity index (χ4v) is 3.17. The van der Waals surface area contributed by atoms with Crippen molar-refractivity contribution in [3.8, 4) is 5.75 Å². The fourth-order valence-electron chi connectivity index (χ4n) is 3.17. The zero-order valence-corrected chi connectivity index (χ0v) is 15.3. The zero-order valence-electron chi connectivity index (χ0n) is 15.3. The zero-order chi connectivity index (χ0) is 19.5. The standard InChI is InChI=1S/C21H20N4O3/c1-2-28-15-8-7-13-9-19(23-18(13)11-15)21(27)25-24-20(26)10-14-12-22-17-6-4-3-5-16(14)17/h3-9,11-12,22-23H,2,10H2,1H3,(H,24,26)(H,25,27). The molecule has 142 valence electrons. The van der Waals surface area contributed by atoms with Crippen LogP contribution >= 0.6 is 0 Å². The molecule has 0 bridgehead atoms. The number of fused-ring (bicyclic) bond motifs is 2. The number of hydrogen-bond donors (Lipinski definition) is 4. The van der Waals surface area contributed by atoms with Gasteiger partial charge in [0.05, 0.1) is 13.0 Å². The number of H-pyrrole nitrogens is 2. The molecule has 4 aromatic rings. The van der Waals surface area contributed by atoms with Gasteiger partial charge >= 0.3 is 0 Å². The Bertz CT molecular complexity index is 1160.